The molecule has 0 aromatic rings. The van der Waals surface area contributed by atoms with Crippen LogP contribution < -0.4 is 5.32 Å². The van der Waals surface area contributed by atoms with Crippen LogP contribution in [0, 0.1) is 23.7 Å². The molecule has 0 aliphatic heterocycles. The number of nitrogens with one attached hydrogen (secondary N) is 1. The Hall–Kier alpha value is -0.520. The summed E-state index contributed by atoms with van der Waals surface area (Å²) in [5, 5.41) is 11.8. The summed E-state index contributed by atoms with van der Waals surface area (Å²) in [7, 11) is 2.01. The molecule has 0 bridgehead atoms. The molecule has 2 N–H and O–H groups in total. The van der Waals surface area contributed by atoms with Crippen molar-refractivity contribution in [2.45, 2.75) is 25.7 Å². The topological polar surface area (TPSA) is 32.3 Å². The molecule has 1 fully saturated rings. The van der Waals surface area contributed by atoms with Gasteiger partial charge in [-0.2, -0.15) is 0 Å². The minimum Gasteiger partial charge on any atom is -0.384 e. The summed E-state index contributed by atoms with van der Waals surface area (Å²) in [6.07, 6.45) is 4.98. The molecule has 2 nitrogen and oxygen atoms in total. The Morgan fingerprint density at radius 1 is 1.31 bits per heavy atom. The van der Waals surface area contributed by atoms with Crippen molar-refractivity contribution in [2.75, 3.05) is 20.2 Å². The molecular formula is C11H19NO. The maximum Gasteiger partial charge on any atom is 0.104 e. The first-order valence-corrected chi connectivity index (χ1v) is 5.10. The van der Waals surface area contributed by atoms with Crippen LogP contribution >= 0.6 is 0 Å². The van der Waals surface area contributed by atoms with Gasteiger partial charge in [-0.1, -0.05) is 11.8 Å². The van der Waals surface area contributed by atoms with Crippen LogP contribution in [-0.2, 0) is 0 Å². The van der Waals surface area contributed by atoms with Crippen molar-refractivity contribution in [3.8, 4) is 11.8 Å². The van der Waals surface area contributed by atoms with Crippen LogP contribution in [0.4, 0.5) is 0 Å². The summed E-state index contributed by atoms with van der Waals surface area (Å²) >= 11 is 0. The van der Waals surface area contributed by atoms with E-state index in [1.165, 1.54) is 25.7 Å². The lowest BCUT2D eigenvalue weighted by atomic mass is 9.82. The molecule has 0 atom stereocenters. The Labute approximate surface area is 80.7 Å². The second-order valence-electron chi connectivity index (χ2n) is 3.75. The first kappa shape index (κ1) is 10.6. The van der Waals surface area contributed by atoms with Gasteiger partial charge >= 0.3 is 0 Å². The zero-order valence-corrected chi connectivity index (χ0v) is 8.34. The predicted octanol–water partition coefficient (Wildman–Crippen LogP) is 1.01. The van der Waals surface area contributed by atoms with E-state index in [1.807, 2.05) is 7.05 Å². The van der Waals surface area contributed by atoms with E-state index in [0.29, 0.717) is 5.92 Å². The monoisotopic (exact) mass is 181 g/mol. The maximum absolute atomic E-state index is 8.55. The lowest BCUT2D eigenvalue weighted by molar-refractivity contribution is 0.310. The lowest BCUT2D eigenvalue weighted by Crippen LogP contribution is -2.23. The normalized spacial score (nSPS) is 27.8. The molecule has 13 heavy (non-hydrogen) atoms. The summed E-state index contributed by atoms with van der Waals surface area (Å²) in [6, 6.07) is 0. The highest BCUT2D eigenvalue weighted by atomic mass is 16.2. The highest BCUT2D eigenvalue weighted by molar-refractivity contribution is 5.04. The SMILES string of the molecule is CNC[C@H]1CC[C@H](C#CCO)CC1. The number of hydrogen-bond acceptors (Lipinski definition) is 2. The van der Waals surface area contributed by atoms with Crippen LogP contribution in [0.1, 0.15) is 25.7 Å². The van der Waals surface area contributed by atoms with E-state index in [-0.39, 0.29) is 6.61 Å². The van der Waals surface area contributed by atoms with E-state index < -0.39 is 0 Å². The average molecular weight is 181 g/mol. The van der Waals surface area contributed by atoms with Crippen LogP contribution in [0.15, 0.2) is 0 Å². The Balaban J connectivity index is 2.22. The second-order valence-corrected chi connectivity index (χ2v) is 3.75. The zero-order chi connectivity index (χ0) is 9.52. The maximum atomic E-state index is 8.55. The summed E-state index contributed by atoms with van der Waals surface area (Å²) in [4.78, 5) is 0. The highest BCUT2D eigenvalue weighted by Crippen LogP contribution is 2.27. The van der Waals surface area contributed by atoms with Crippen LogP contribution in [-0.4, -0.2) is 25.3 Å². The summed E-state index contributed by atoms with van der Waals surface area (Å²) in [5.41, 5.74) is 0. The van der Waals surface area contributed by atoms with Gasteiger partial charge in [0, 0.05) is 5.92 Å². The molecular weight excluding hydrogens is 162 g/mol. The molecule has 1 saturated carbocycles. The molecule has 0 spiro atoms. The Kier molecular flexibility index (Phi) is 4.88. The van der Waals surface area contributed by atoms with Crippen molar-refractivity contribution in [2.24, 2.45) is 11.8 Å². The third-order valence-electron chi connectivity index (χ3n) is 2.72. The molecule has 2 heteroatoms. The van der Waals surface area contributed by atoms with Crippen LogP contribution in [0.3, 0.4) is 0 Å². The van der Waals surface area contributed by atoms with Crippen molar-refractivity contribution in [1.29, 1.82) is 0 Å². The van der Waals surface area contributed by atoms with Gasteiger partial charge in [0.05, 0.1) is 0 Å². The van der Waals surface area contributed by atoms with Gasteiger partial charge in [-0.05, 0) is 45.2 Å². The molecule has 0 heterocycles. The van der Waals surface area contributed by atoms with Gasteiger partial charge in [-0.3, -0.25) is 0 Å². The molecule has 0 unspecified atom stereocenters. The third kappa shape index (κ3) is 3.80. The van der Waals surface area contributed by atoms with Crippen molar-refractivity contribution >= 4 is 0 Å². The van der Waals surface area contributed by atoms with Gasteiger partial charge in [0.1, 0.15) is 6.61 Å². The van der Waals surface area contributed by atoms with Crippen molar-refractivity contribution in [1.82, 2.24) is 5.32 Å². The Bertz CT molecular complexity index is 184. The molecule has 0 aromatic carbocycles. The summed E-state index contributed by atoms with van der Waals surface area (Å²) in [5.74, 6) is 7.25. The van der Waals surface area contributed by atoms with Crippen LogP contribution in [0.25, 0.3) is 0 Å². The first-order valence-electron chi connectivity index (χ1n) is 5.10. The average Bonchev–Trinajstić information content (AvgIpc) is 2.17. The zero-order valence-electron chi connectivity index (χ0n) is 8.34. The fraction of sp³-hybridized carbons (Fsp3) is 0.818. The minimum absolute atomic E-state index is 0.0104. The third-order valence-corrected chi connectivity index (χ3v) is 2.72. The van der Waals surface area contributed by atoms with Crippen molar-refractivity contribution < 1.29 is 5.11 Å². The number of aliphatic hydroxyl groups excluding tert-OH is 1. The Morgan fingerprint density at radius 3 is 2.54 bits per heavy atom. The van der Waals surface area contributed by atoms with Crippen LogP contribution in [0.2, 0.25) is 0 Å². The molecule has 0 saturated heterocycles. The molecule has 0 radical (unpaired) electrons. The van der Waals surface area contributed by atoms with Gasteiger partial charge in [0.15, 0.2) is 0 Å². The molecule has 0 amide bonds. The van der Waals surface area contributed by atoms with Gasteiger partial charge in [0.25, 0.3) is 0 Å². The second kappa shape index (κ2) is 6.01. The number of hydrogen-bond donors (Lipinski definition) is 2. The van der Waals surface area contributed by atoms with E-state index in [2.05, 4.69) is 17.2 Å². The minimum atomic E-state index is 0.0104. The van der Waals surface area contributed by atoms with Crippen LogP contribution in [0.5, 0.6) is 0 Å². The molecule has 74 valence electrons. The van der Waals surface area contributed by atoms with E-state index >= 15 is 0 Å². The van der Waals surface area contributed by atoms with E-state index in [4.69, 9.17) is 5.11 Å². The summed E-state index contributed by atoms with van der Waals surface area (Å²) < 4.78 is 0. The molecule has 1 aliphatic rings. The standard InChI is InChI=1S/C11H19NO/c1-12-9-11-6-4-10(5-7-11)3-2-8-13/h10-13H,4-9H2,1H3/t10-,11-. The first-order chi connectivity index (χ1) is 6.36. The van der Waals surface area contributed by atoms with Crippen molar-refractivity contribution in [3.05, 3.63) is 0 Å². The van der Waals surface area contributed by atoms with Gasteiger partial charge < -0.3 is 10.4 Å². The fourth-order valence-electron chi connectivity index (χ4n) is 1.99. The largest absolute Gasteiger partial charge is 0.384 e. The smallest absolute Gasteiger partial charge is 0.104 e. The van der Waals surface area contributed by atoms with Gasteiger partial charge in [0.2, 0.25) is 0 Å². The van der Waals surface area contributed by atoms with E-state index in [9.17, 15) is 0 Å². The van der Waals surface area contributed by atoms with Gasteiger partial charge in [-0.25, -0.2) is 0 Å². The predicted molar refractivity (Wildman–Crippen MR) is 54.2 cm³/mol. The summed E-state index contributed by atoms with van der Waals surface area (Å²) in [6.45, 7) is 1.15. The molecule has 0 aromatic heterocycles. The van der Waals surface area contributed by atoms with E-state index in [0.717, 1.165) is 12.5 Å². The van der Waals surface area contributed by atoms with Crippen molar-refractivity contribution in [3.63, 3.8) is 0 Å². The number of aliphatic hydroxyl groups is 1. The molecule has 1 aliphatic carbocycles. The fourth-order valence-corrected chi connectivity index (χ4v) is 1.99. The Morgan fingerprint density at radius 2 is 2.00 bits per heavy atom. The quantitative estimate of drug-likeness (QED) is 0.623. The lowest BCUT2D eigenvalue weighted by Gasteiger charge is -2.25. The van der Waals surface area contributed by atoms with E-state index in [1.54, 1.807) is 0 Å². The van der Waals surface area contributed by atoms with Gasteiger partial charge in [-0.15, -0.1) is 0 Å². The number of rotatable bonds is 2. The molecule has 1 rings (SSSR count). The highest BCUT2D eigenvalue weighted by Gasteiger charge is 2.18.